The van der Waals surface area contributed by atoms with Crippen LogP contribution < -0.4 is 5.32 Å². The van der Waals surface area contributed by atoms with Gasteiger partial charge in [-0.15, -0.1) is 0 Å². The Bertz CT molecular complexity index is 360. The van der Waals surface area contributed by atoms with Crippen LogP contribution in [0.3, 0.4) is 0 Å². The van der Waals surface area contributed by atoms with Gasteiger partial charge in [-0.2, -0.15) is 0 Å². The van der Waals surface area contributed by atoms with Gasteiger partial charge in [0.15, 0.2) is 0 Å². The van der Waals surface area contributed by atoms with E-state index < -0.39 is 10.8 Å². The van der Waals surface area contributed by atoms with Gasteiger partial charge in [-0.1, -0.05) is 23.7 Å². The van der Waals surface area contributed by atoms with Crippen LogP contribution in [0.5, 0.6) is 0 Å². The molecule has 0 saturated carbocycles. The average Bonchev–Trinajstić information content (AvgIpc) is 2.34. The standard InChI is InChI=1S/C12H18ClNO2S/c1-16-9-8-14-7-4-10-17(15)12-6-3-2-5-11(12)13/h2-3,5-6,14H,4,7-10H2,1H3. The zero-order valence-corrected chi connectivity index (χ0v) is 11.5. The molecule has 0 saturated heterocycles. The first-order valence-electron chi connectivity index (χ1n) is 5.58. The number of rotatable bonds is 8. The summed E-state index contributed by atoms with van der Waals surface area (Å²) in [5.74, 6) is 0.629. The molecule has 3 nitrogen and oxygen atoms in total. The van der Waals surface area contributed by atoms with Crippen LogP contribution >= 0.6 is 11.6 Å². The van der Waals surface area contributed by atoms with Gasteiger partial charge in [-0.25, -0.2) is 0 Å². The minimum absolute atomic E-state index is 0.582. The highest BCUT2D eigenvalue weighted by Gasteiger charge is 2.06. The van der Waals surface area contributed by atoms with Crippen molar-refractivity contribution >= 4 is 22.4 Å². The molecule has 1 aromatic rings. The zero-order chi connectivity index (χ0) is 12.5. The number of halogens is 1. The summed E-state index contributed by atoms with van der Waals surface area (Å²) in [5, 5.41) is 3.80. The van der Waals surface area contributed by atoms with Crippen molar-refractivity contribution in [2.24, 2.45) is 0 Å². The van der Waals surface area contributed by atoms with Crippen LogP contribution in [0.1, 0.15) is 6.42 Å². The Hall–Kier alpha value is -0.420. The molecule has 0 radical (unpaired) electrons. The van der Waals surface area contributed by atoms with Crippen molar-refractivity contribution in [3.8, 4) is 0 Å². The molecule has 0 aliphatic rings. The molecule has 1 aromatic carbocycles. The highest BCUT2D eigenvalue weighted by Crippen LogP contribution is 2.19. The minimum atomic E-state index is -1.01. The van der Waals surface area contributed by atoms with Crippen LogP contribution in [0.15, 0.2) is 29.2 Å². The molecule has 17 heavy (non-hydrogen) atoms. The lowest BCUT2D eigenvalue weighted by Gasteiger charge is -2.05. The molecule has 0 fully saturated rings. The molecule has 1 unspecified atom stereocenters. The maximum atomic E-state index is 11.9. The quantitative estimate of drug-likeness (QED) is 0.738. The molecular formula is C12H18ClNO2S. The fourth-order valence-electron chi connectivity index (χ4n) is 1.37. The third-order valence-corrected chi connectivity index (χ3v) is 4.20. The second kappa shape index (κ2) is 8.64. The summed E-state index contributed by atoms with van der Waals surface area (Å²) in [7, 11) is 0.669. The highest BCUT2D eigenvalue weighted by molar-refractivity contribution is 7.85. The topological polar surface area (TPSA) is 38.3 Å². The van der Waals surface area contributed by atoms with Gasteiger partial charge in [0.1, 0.15) is 0 Å². The van der Waals surface area contributed by atoms with E-state index in [0.717, 1.165) is 24.4 Å². The summed E-state index contributed by atoms with van der Waals surface area (Å²) in [5.41, 5.74) is 0. The predicted molar refractivity (Wildman–Crippen MR) is 72.1 cm³/mol. The summed E-state index contributed by atoms with van der Waals surface area (Å²) >= 11 is 5.98. The molecule has 1 N–H and O–H groups in total. The number of nitrogens with one attached hydrogen (secondary N) is 1. The summed E-state index contributed by atoms with van der Waals surface area (Å²) in [6.07, 6.45) is 0.863. The first-order chi connectivity index (χ1) is 8.25. The van der Waals surface area contributed by atoms with E-state index in [1.807, 2.05) is 18.2 Å². The molecule has 0 amide bonds. The zero-order valence-electron chi connectivity index (χ0n) is 9.95. The summed E-state index contributed by atoms with van der Waals surface area (Å²) in [6.45, 7) is 2.38. The van der Waals surface area contributed by atoms with Gasteiger partial charge in [0.2, 0.25) is 0 Å². The number of hydrogen-bond acceptors (Lipinski definition) is 3. The van der Waals surface area contributed by atoms with E-state index in [0.29, 0.717) is 17.4 Å². The second-order valence-electron chi connectivity index (χ2n) is 3.58. The maximum Gasteiger partial charge on any atom is 0.0587 e. The number of ether oxygens (including phenoxy) is 1. The summed E-state index contributed by atoms with van der Waals surface area (Å²) in [4.78, 5) is 0.728. The number of benzene rings is 1. The van der Waals surface area contributed by atoms with Gasteiger partial charge >= 0.3 is 0 Å². The van der Waals surface area contributed by atoms with Crippen LogP contribution in [0, 0.1) is 0 Å². The Balaban J connectivity index is 2.24. The molecule has 0 bridgehead atoms. The van der Waals surface area contributed by atoms with Crippen LogP contribution in [0.25, 0.3) is 0 Å². The monoisotopic (exact) mass is 275 g/mol. The third-order valence-electron chi connectivity index (χ3n) is 2.25. The summed E-state index contributed by atoms with van der Waals surface area (Å²) < 4.78 is 16.8. The van der Waals surface area contributed by atoms with Gasteiger partial charge in [0, 0.05) is 19.4 Å². The molecule has 0 aliphatic heterocycles. The van der Waals surface area contributed by atoms with Crippen LogP contribution in [0.4, 0.5) is 0 Å². The lowest BCUT2D eigenvalue weighted by molar-refractivity contribution is 0.199. The van der Waals surface area contributed by atoms with Crippen molar-refractivity contribution in [3.05, 3.63) is 29.3 Å². The van der Waals surface area contributed by atoms with Gasteiger partial charge in [0.05, 0.1) is 27.3 Å². The molecule has 1 atom stereocenters. The van der Waals surface area contributed by atoms with Crippen molar-refractivity contribution in [1.82, 2.24) is 5.32 Å². The molecular weight excluding hydrogens is 258 g/mol. The second-order valence-corrected chi connectivity index (χ2v) is 5.52. The molecule has 5 heteroatoms. The van der Waals surface area contributed by atoms with Gasteiger partial charge in [0.25, 0.3) is 0 Å². The molecule has 96 valence electrons. The van der Waals surface area contributed by atoms with E-state index in [-0.39, 0.29) is 0 Å². The van der Waals surface area contributed by atoms with Crippen LogP contribution in [-0.2, 0) is 15.5 Å². The Morgan fingerprint density at radius 1 is 1.35 bits per heavy atom. The van der Waals surface area contributed by atoms with Gasteiger partial charge in [-0.05, 0) is 25.1 Å². The van der Waals surface area contributed by atoms with Crippen molar-refractivity contribution < 1.29 is 8.95 Å². The van der Waals surface area contributed by atoms with E-state index in [1.165, 1.54) is 0 Å². The largest absolute Gasteiger partial charge is 0.383 e. The number of methoxy groups -OCH3 is 1. The lowest BCUT2D eigenvalue weighted by atomic mass is 10.4. The Morgan fingerprint density at radius 3 is 2.82 bits per heavy atom. The fourth-order valence-corrected chi connectivity index (χ4v) is 2.90. The lowest BCUT2D eigenvalue weighted by Crippen LogP contribution is -2.21. The molecule has 0 aliphatic carbocycles. The molecule has 0 heterocycles. The molecule has 0 spiro atoms. The number of hydrogen-bond donors (Lipinski definition) is 1. The van der Waals surface area contributed by atoms with E-state index >= 15 is 0 Å². The van der Waals surface area contributed by atoms with E-state index in [1.54, 1.807) is 13.2 Å². The van der Waals surface area contributed by atoms with Gasteiger partial charge in [-0.3, -0.25) is 4.21 Å². The summed E-state index contributed by atoms with van der Waals surface area (Å²) in [6, 6.07) is 7.29. The van der Waals surface area contributed by atoms with Crippen molar-refractivity contribution in [3.63, 3.8) is 0 Å². The predicted octanol–water partition coefficient (Wildman–Crippen LogP) is 2.07. The van der Waals surface area contributed by atoms with Crippen molar-refractivity contribution in [1.29, 1.82) is 0 Å². The van der Waals surface area contributed by atoms with Crippen LogP contribution in [0.2, 0.25) is 5.02 Å². The SMILES string of the molecule is COCCNCCCS(=O)c1ccccc1Cl. The normalized spacial score (nSPS) is 12.6. The Morgan fingerprint density at radius 2 is 2.12 bits per heavy atom. The molecule has 1 rings (SSSR count). The van der Waals surface area contributed by atoms with E-state index in [4.69, 9.17) is 16.3 Å². The van der Waals surface area contributed by atoms with E-state index in [2.05, 4.69) is 5.32 Å². The fraction of sp³-hybridized carbons (Fsp3) is 0.500. The maximum absolute atomic E-state index is 11.9. The first kappa shape index (κ1) is 14.6. The van der Waals surface area contributed by atoms with Crippen LogP contribution in [-0.4, -0.2) is 36.8 Å². The van der Waals surface area contributed by atoms with Crippen molar-refractivity contribution in [2.45, 2.75) is 11.3 Å². The molecule has 0 aromatic heterocycles. The highest BCUT2D eigenvalue weighted by atomic mass is 35.5. The van der Waals surface area contributed by atoms with Crippen molar-refractivity contribution in [2.75, 3.05) is 32.6 Å². The Labute approximate surface area is 110 Å². The minimum Gasteiger partial charge on any atom is -0.383 e. The average molecular weight is 276 g/mol. The first-order valence-corrected chi connectivity index (χ1v) is 7.28. The van der Waals surface area contributed by atoms with Gasteiger partial charge < -0.3 is 10.1 Å². The smallest absolute Gasteiger partial charge is 0.0587 e. The van der Waals surface area contributed by atoms with E-state index in [9.17, 15) is 4.21 Å². The third kappa shape index (κ3) is 5.64. The Kier molecular flexibility index (Phi) is 7.44.